The van der Waals surface area contributed by atoms with Crippen molar-refractivity contribution in [2.24, 2.45) is 0 Å². The van der Waals surface area contributed by atoms with Crippen molar-refractivity contribution in [1.29, 1.82) is 0 Å². The molecule has 1 aromatic heterocycles. The Morgan fingerprint density at radius 3 is 2.38 bits per heavy atom. The Kier molecular flexibility index (Phi) is 4.00. The molecule has 0 radical (unpaired) electrons. The number of aromatic hydroxyl groups is 1. The minimum absolute atomic E-state index is 0.0250. The Labute approximate surface area is 143 Å². The minimum Gasteiger partial charge on any atom is -0.507 e. The maximum Gasteiger partial charge on any atom is 0.125 e. The van der Waals surface area contributed by atoms with Crippen LogP contribution in [0.2, 0.25) is 0 Å². The van der Waals surface area contributed by atoms with Crippen molar-refractivity contribution < 1.29 is 5.11 Å². The van der Waals surface area contributed by atoms with E-state index < -0.39 is 0 Å². The molecule has 1 aliphatic rings. The van der Waals surface area contributed by atoms with Crippen LogP contribution in [0.5, 0.6) is 5.75 Å². The van der Waals surface area contributed by atoms with E-state index in [9.17, 15) is 5.11 Å². The number of nitrogens with one attached hydrogen (secondary N) is 1. The minimum atomic E-state index is 0.0250. The molecule has 0 spiro atoms. The predicted molar refractivity (Wildman–Crippen MR) is 96.8 cm³/mol. The summed E-state index contributed by atoms with van der Waals surface area (Å²) in [5.41, 5.74) is 9.32. The second-order valence-electron chi connectivity index (χ2n) is 8.08. The van der Waals surface area contributed by atoms with Crippen LogP contribution in [0.3, 0.4) is 0 Å². The van der Waals surface area contributed by atoms with E-state index in [-0.39, 0.29) is 16.8 Å². The zero-order chi connectivity index (χ0) is 17.5. The summed E-state index contributed by atoms with van der Waals surface area (Å²) >= 11 is 0. The number of nitrogen functional groups attached to an aromatic ring is 1. The van der Waals surface area contributed by atoms with Crippen molar-refractivity contribution in [3.8, 4) is 17.0 Å². The average Bonchev–Trinajstić information content (AvgIpc) is 2.45. The van der Waals surface area contributed by atoms with Gasteiger partial charge in [0, 0.05) is 22.2 Å². The molecular weight excluding hydrogens is 300 g/mol. The molecular formula is C19H26N4O. The first-order chi connectivity index (χ1) is 11.2. The van der Waals surface area contributed by atoms with Crippen LogP contribution in [-0.4, -0.2) is 26.4 Å². The number of nitrogens with zero attached hydrogens (tertiary/aromatic N) is 2. The number of benzene rings is 1. The number of hydrogen-bond acceptors (Lipinski definition) is 5. The van der Waals surface area contributed by atoms with Crippen LogP contribution in [0.25, 0.3) is 11.3 Å². The van der Waals surface area contributed by atoms with E-state index in [4.69, 9.17) is 5.73 Å². The molecule has 2 aromatic rings. The zero-order valence-electron chi connectivity index (χ0n) is 14.8. The molecule has 0 saturated carbocycles. The van der Waals surface area contributed by atoms with Gasteiger partial charge < -0.3 is 16.2 Å². The fraction of sp³-hybridized carbons (Fsp3) is 0.474. The van der Waals surface area contributed by atoms with Gasteiger partial charge in [0.05, 0.1) is 11.9 Å². The Hall–Kier alpha value is -2.14. The van der Waals surface area contributed by atoms with Crippen LogP contribution in [0.15, 0.2) is 30.5 Å². The number of phenols is 1. The maximum absolute atomic E-state index is 10.1. The van der Waals surface area contributed by atoms with Gasteiger partial charge in [0.15, 0.2) is 0 Å². The molecule has 0 bridgehead atoms. The van der Waals surface area contributed by atoms with Crippen LogP contribution in [0, 0.1) is 0 Å². The number of rotatable bonds is 2. The molecule has 3 rings (SSSR count). The molecule has 0 aliphatic carbocycles. The lowest BCUT2D eigenvalue weighted by Gasteiger charge is -2.46. The highest BCUT2D eigenvalue weighted by Crippen LogP contribution is 2.43. The van der Waals surface area contributed by atoms with E-state index in [2.05, 4.69) is 43.2 Å². The van der Waals surface area contributed by atoms with Gasteiger partial charge >= 0.3 is 0 Å². The first-order valence-electron chi connectivity index (χ1n) is 8.37. The number of aromatic nitrogens is 2. The maximum atomic E-state index is 10.1. The average molecular weight is 326 g/mol. The third-order valence-corrected chi connectivity index (χ3v) is 4.71. The molecule has 0 amide bonds. The van der Waals surface area contributed by atoms with E-state index in [1.54, 1.807) is 18.3 Å². The van der Waals surface area contributed by atoms with E-state index in [1.165, 1.54) is 0 Å². The number of anilines is 1. The van der Waals surface area contributed by atoms with Crippen LogP contribution in [-0.2, 0) is 0 Å². The van der Waals surface area contributed by atoms with Crippen LogP contribution in [0.1, 0.15) is 52.0 Å². The first kappa shape index (κ1) is 16.7. The summed E-state index contributed by atoms with van der Waals surface area (Å²) in [4.78, 5) is 0. The molecule has 1 fully saturated rings. The Balaban J connectivity index is 2.04. The zero-order valence-corrected chi connectivity index (χ0v) is 14.8. The third-order valence-electron chi connectivity index (χ3n) is 4.71. The molecule has 24 heavy (non-hydrogen) atoms. The first-order valence-corrected chi connectivity index (χ1v) is 8.37. The van der Waals surface area contributed by atoms with Crippen molar-refractivity contribution in [2.75, 3.05) is 5.73 Å². The smallest absolute Gasteiger partial charge is 0.125 e. The molecule has 5 heteroatoms. The van der Waals surface area contributed by atoms with E-state index >= 15 is 0 Å². The summed E-state index contributed by atoms with van der Waals surface area (Å²) in [6, 6.07) is 7.10. The molecule has 4 N–H and O–H groups in total. The van der Waals surface area contributed by atoms with Crippen LogP contribution >= 0.6 is 0 Å². The summed E-state index contributed by atoms with van der Waals surface area (Å²) in [6.07, 6.45) is 3.74. The predicted octanol–water partition coefficient (Wildman–Crippen LogP) is 3.46. The fourth-order valence-corrected chi connectivity index (χ4v) is 4.15. The van der Waals surface area contributed by atoms with Gasteiger partial charge in [0.1, 0.15) is 11.4 Å². The van der Waals surface area contributed by atoms with Gasteiger partial charge in [-0.1, -0.05) is 12.1 Å². The Morgan fingerprint density at radius 1 is 1.12 bits per heavy atom. The van der Waals surface area contributed by atoms with E-state index in [0.717, 1.165) is 18.4 Å². The summed E-state index contributed by atoms with van der Waals surface area (Å²) in [5, 5.41) is 22.2. The van der Waals surface area contributed by atoms with Gasteiger partial charge in [0.2, 0.25) is 0 Å². The lowest BCUT2D eigenvalue weighted by Crippen LogP contribution is -2.57. The largest absolute Gasteiger partial charge is 0.507 e. The van der Waals surface area contributed by atoms with Gasteiger partial charge in [-0.05, 0) is 58.6 Å². The number of para-hydroxylation sites is 1. The van der Waals surface area contributed by atoms with E-state index in [1.807, 2.05) is 12.1 Å². The fourth-order valence-electron chi connectivity index (χ4n) is 4.15. The molecule has 1 aliphatic heterocycles. The van der Waals surface area contributed by atoms with Crippen LogP contribution in [0.4, 0.5) is 5.69 Å². The highest BCUT2D eigenvalue weighted by molar-refractivity contribution is 5.78. The molecule has 128 valence electrons. The Bertz CT molecular complexity index is 739. The van der Waals surface area contributed by atoms with Gasteiger partial charge in [0.25, 0.3) is 0 Å². The lowest BCUT2D eigenvalue weighted by atomic mass is 9.73. The van der Waals surface area contributed by atoms with Gasteiger partial charge in [-0.3, -0.25) is 0 Å². The van der Waals surface area contributed by atoms with Crippen molar-refractivity contribution in [3.05, 3.63) is 36.0 Å². The third kappa shape index (κ3) is 3.22. The van der Waals surface area contributed by atoms with Crippen molar-refractivity contribution in [1.82, 2.24) is 15.5 Å². The van der Waals surface area contributed by atoms with Crippen molar-refractivity contribution >= 4 is 5.69 Å². The highest BCUT2D eigenvalue weighted by atomic mass is 16.3. The van der Waals surface area contributed by atoms with Gasteiger partial charge in [-0.2, -0.15) is 5.10 Å². The number of nitrogens with two attached hydrogens (primary N) is 1. The van der Waals surface area contributed by atoms with E-state index in [0.29, 0.717) is 22.9 Å². The second kappa shape index (κ2) is 5.74. The second-order valence-corrected chi connectivity index (χ2v) is 8.08. The highest BCUT2D eigenvalue weighted by Gasteiger charge is 2.39. The number of piperidine rings is 1. The topological polar surface area (TPSA) is 84.1 Å². The molecule has 2 heterocycles. The quantitative estimate of drug-likeness (QED) is 0.787. The molecule has 0 unspecified atom stereocenters. The van der Waals surface area contributed by atoms with Crippen molar-refractivity contribution in [3.63, 3.8) is 0 Å². The molecule has 1 saturated heterocycles. The number of hydrogen-bond donors (Lipinski definition) is 3. The van der Waals surface area contributed by atoms with Crippen molar-refractivity contribution in [2.45, 2.75) is 57.5 Å². The summed E-state index contributed by atoms with van der Waals surface area (Å²) in [5.74, 6) is 0.470. The molecule has 0 atom stereocenters. The number of phenolic OH excluding ortho intramolecular Hbond substituents is 1. The monoisotopic (exact) mass is 326 g/mol. The van der Waals surface area contributed by atoms with Gasteiger partial charge in [-0.25, -0.2) is 0 Å². The van der Waals surface area contributed by atoms with Crippen LogP contribution < -0.4 is 11.1 Å². The molecule has 1 aromatic carbocycles. The standard InChI is InChI=1S/C19H26N4O/c1-18(2)9-12(10-19(3,4)23-18)14-11-21-22-17(16(14)20)13-7-5-6-8-15(13)24/h5-8,11-12,23-24H,9-10H2,1-4H3,(H2,20,21). The summed E-state index contributed by atoms with van der Waals surface area (Å²) in [6.45, 7) is 8.87. The summed E-state index contributed by atoms with van der Waals surface area (Å²) in [7, 11) is 0. The normalized spacial score (nSPS) is 20.0. The molecule has 5 nitrogen and oxygen atoms in total. The lowest BCUT2D eigenvalue weighted by molar-refractivity contribution is 0.162. The summed E-state index contributed by atoms with van der Waals surface area (Å²) < 4.78 is 0. The SMILES string of the molecule is CC1(C)CC(c2cnnc(-c3ccccc3O)c2N)CC(C)(C)N1. The Morgan fingerprint density at radius 2 is 1.75 bits per heavy atom. The van der Waals surface area contributed by atoms with Gasteiger partial charge in [-0.15, -0.1) is 5.10 Å².